The second kappa shape index (κ2) is 7.79. The first-order valence-electron chi connectivity index (χ1n) is 4.18. The first-order valence-corrected chi connectivity index (χ1v) is 4.62. The zero-order valence-electron chi connectivity index (χ0n) is 7.68. The third-order valence-electron chi connectivity index (χ3n) is 1.73. The number of carbonyl (C=O) groups is 1. The van der Waals surface area contributed by atoms with Crippen LogP contribution in [0.25, 0.3) is 0 Å². The fourth-order valence-electron chi connectivity index (χ4n) is 0.920. The Hall–Kier alpha value is 0.576. The van der Waals surface area contributed by atoms with Crippen molar-refractivity contribution in [1.82, 2.24) is 0 Å². The number of carboxylic acid groups (broad SMARTS) is 1. The molecule has 0 amide bonds. The molecule has 2 unspecified atom stereocenters. The molecule has 0 bridgehead atoms. The van der Waals surface area contributed by atoms with E-state index in [0.717, 1.165) is 5.56 Å². The summed E-state index contributed by atoms with van der Waals surface area (Å²) in [5.74, 6) is -1.02. The van der Waals surface area contributed by atoms with Crippen LogP contribution in [0.4, 0.5) is 0 Å². The fraction of sp³-hybridized carbons (Fsp3) is 0.300. The van der Waals surface area contributed by atoms with Crippen molar-refractivity contribution in [3.8, 4) is 0 Å². The summed E-state index contributed by atoms with van der Waals surface area (Å²) >= 11 is 5.86. The van der Waals surface area contributed by atoms with Gasteiger partial charge in [-0.2, -0.15) is 0 Å². The zero-order chi connectivity index (χ0) is 10.6. The van der Waals surface area contributed by atoms with Gasteiger partial charge in [-0.25, -0.2) is 4.79 Å². The number of hydrogen-bond acceptors (Lipinski definition) is 2. The van der Waals surface area contributed by atoms with Crippen molar-refractivity contribution in [3.63, 3.8) is 0 Å². The van der Waals surface area contributed by atoms with Gasteiger partial charge in [0.2, 0.25) is 0 Å². The standard InChI is InChI=1S/C10H11ClO3.K.H/c1-7(10(12)13)14-9(11)8-5-3-2-4-6-8;;/h2-7,9H,1H3,(H,12,13);;. The van der Waals surface area contributed by atoms with Gasteiger partial charge in [0.15, 0.2) is 11.7 Å². The summed E-state index contributed by atoms with van der Waals surface area (Å²) in [6, 6.07) is 9.06. The molecule has 15 heavy (non-hydrogen) atoms. The second-order valence-corrected chi connectivity index (χ2v) is 3.24. The van der Waals surface area contributed by atoms with Crippen LogP contribution in [0, 0.1) is 0 Å². The van der Waals surface area contributed by atoms with E-state index in [1.165, 1.54) is 6.92 Å². The Balaban J connectivity index is 0.00000196. The molecule has 1 N–H and O–H groups in total. The van der Waals surface area contributed by atoms with Crippen LogP contribution in [0.3, 0.4) is 0 Å². The summed E-state index contributed by atoms with van der Waals surface area (Å²) in [6.07, 6.45) is -0.905. The van der Waals surface area contributed by atoms with Crippen LogP contribution < -0.4 is 0 Å². The van der Waals surface area contributed by atoms with E-state index in [4.69, 9.17) is 21.4 Å². The minimum absolute atomic E-state index is 0. The molecule has 0 aliphatic heterocycles. The van der Waals surface area contributed by atoms with Crippen molar-refractivity contribution < 1.29 is 14.6 Å². The van der Waals surface area contributed by atoms with E-state index in [-0.39, 0.29) is 51.4 Å². The molecule has 3 nitrogen and oxygen atoms in total. The molecule has 0 saturated heterocycles. The molecule has 0 spiro atoms. The Kier molecular flexibility index (Phi) is 8.08. The van der Waals surface area contributed by atoms with Gasteiger partial charge in [-0.1, -0.05) is 41.9 Å². The van der Waals surface area contributed by atoms with Gasteiger partial charge in [-0.3, -0.25) is 0 Å². The predicted octanol–water partition coefficient (Wildman–Crippen LogP) is 1.77. The van der Waals surface area contributed by atoms with E-state index in [1.807, 2.05) is 18.2 Å². The SMILES string of the molecule is CC(OC(Cl)c1ccccc1)C(=O)O.[KH]. The van der Waals surface area contributed by atoms with E-state index in [2.05, 4.69) is 0 Å². The van der Waals surface area contributed by atoms with Crippen LogP contribution >= 0.6 is 11.6 Å². The van der Waals surface area contributed by atoms with E-state index in [0.29, 0.717) is 0 Å². The monoisotopic (exact) mass is 254 g/mol. The van der Waals surface area contributed by atoms with Gasteiger partial charge in [0, 0.05) is 0 Å². The predicted molar refractivity (Wildman–Crippen MR) is 60.4 cm³/mol. The molecule has 0 radical (unpaired) electrons. The number of alkyl halides is 1. The number of carboxylic acids is 1. The van der Waals surface area contributed by atoms with E-state index >= 15 is 0 Å². The second-order valence-electron chi connectivity index (χ2n) is 2.84. The summed E-state index contributed by atoms with van der Waals surface area (Å²) in [4.78, 5) is 10.5. The first kappa shape index (κ1) is 15.6. The molecular formula is C10H12ClKO3. The molecule has 0 aliphatic carbocycles. The van der Waals surface area contributed by atoms with Gasteiger partial charge in [-0.15, -0.1) is 0 Å². The Morgan fingerprint density at radius 3 is 2.40 bits per heavy atom. The summed E-state index contributed by atoms with van der Waals surface area (Å²) in [5, 5.41) is 8.59. The van der Waals surface area contributed by atoms with Crippen LogP contribution in [-0.2, 0) is 9.53 Å². The number of benzene rings is 1. The number of rotatable bonds is 4. The molecule has 2 atom stereocenters. The number of ether oxygens (including phenoxy) is 1. The quantitative estimate of drug-likeness (QED) is 0.658. The molecule has 1 aromatic rings. The van der Waals surface area contributed by atoms with Crippen LogP contribution in [0.1, 0.15) is 18.1 Å². The van der Waals surface area contributed by atoms with Gasteiger partial charge in [-0.05, 0) is 12.5 Å². The van der Waals surface area contributed by atoms with E-state index < -0.39 is 17.6 Å². The topological polar surface area (TPSA) is 46.5 Å². The molecule has 0 heterocycles. The maximum absolute atomic E-state index is 10.5. The Labute approximate surface area is 136 Å². The Morgan fingerprint density at radius 1 is 1.40 bits per heavy atom. The van der Waals surface area contributed by atoms with Gasteiger partial charge in [0.05, 0.1) is 0 Å². The summed E-state index contributed by atoms with van der Waals surface area (Å²) in [5.41, 5.74) is 0.0320. The molecule has 0 fully saturated rings. The van der Waals surface area contributed by atoms with Gasteiger partial charge in [0.25, 0.3) is 0 Å². The van der Waals surface area contributed by atoms with Crippen LogP contribution in [0.5, 0.6) is 0 Å². The third-order valence-corrected chi connectivity index (χ3v) is 2.09. The molecule has 78 valence electrons. The van der Waals surface area contributed by atoms with E-state index in [9.17, 15) is 4.79 Å². The third kappa shape index (κ3) is 5.45. The van der Waals surface area contributed by atoms with Gasteiger partial charge in [0.1, 0.15) is 0 Å². The summed E-state index contributed by atoms with van der Waals surface area (Å²) < 4.78 is 5.06. The zero-order valence-corrected chi connectivity index (χ0v) is 8.44. The van der Waals surface area contributed by atoms with E-state index in [1.54, 1.807) is 12.1 Å². The van der Waals surface area contributed by atoms with Crippen molar-refractivity contribution in [2.45, 2.75) is 18.6 Å². The number of aliphatic carboxylic acids is 1. The normalized spacial score (nSPS) is 13.7. The van der Waals surface area contributed by atoms with Crippen LogP contribution in [0.15, 0.2) is 30.3 Å². The van der Waals surface area contributed by atoms with Crippen molar-refractivity contribution in [2.75, 3.05) is 0 Å². The average molecular weight is 255 g/mol. The summed E-state index contributed by atoms with van der Waals surface area (Å²) in [7, 11) is 0. The fourth-order valence-corrected chi connectivity index (χ4v) is 1.22. The summed E-state index contributed by atoms with van der Waals surface area (Å²) in [6.45, 7) is 1.45. The van der Waals surface area contributed by atoms with Gasteiger partial charge < -0.3 is 9.84 Å². The van der Waals surface area contributed by atoms with Crippen LogP contribution in [-0.4, -0.2) is 68.6 Å². The van der Waals surface area contributed by atoms with Crippen molar-refractivity contribution in [2.24, 2.45) is 0 Å². The van der Waals surface area contributed by atoms with Crippen molar-refractivity contribution in [1.29, 1.82) is 0 Å². The molecular weight excluding hydrogens is 243 g/mol. The average Bonchev–Trinajstić information content (AvgIpc) is 2.19. The molecule has 0 aromatic heterocycles. The number of halogens is 1. The number of hydrogen-bond donors (Lipinski definition) is 1. The minimum atomic E-state index is -1.02. The molecule has 1 rings (SSSR count). The molecule has 5 heteroatoms. The Bertz CT molecular complexity index is 305. The van der Waals surface area contributed by atoms with Gasteiger partial charge >= 0.3 is 57.4 Å². The van der Waals surface area contributed by atoms with Crippen molar-refractivity contribution in [3.05, 3.63) is 35.9 Å². The molecule has 0 aliphatic rings. The Morgan fingerprint density at radius 2 is 1.93 bits per heavy atom. The van der Waals surface area contributed by atoms with Crippen molar-refractivity contribution >= 4 is 69.0 Å². The maximum atomic E-state index is 10.5. The molecule has 1 aromatic carbocycles. The van der Waals surface area contributed by atoms with Crippen LogP contribution in [0.2, 0.25) is 0 Å². The molecule has 0 saturated carbocycles. The first-order chi connectivity index (χ1) is 6.61.